The van der Waals surface area contributed by atoms with Crippen LogP contribution in [-0.4, -0.2) is 34.4 Å². The summed E-state index contributed by atoms with van der Waals surface area (Å²) in [4.78, 5) is 21.6. The number of hydrogen-bond acceptors (Lipinski definition) is 4. The Hall–Kier alpha value is -1.10. The minimum Gasteiger partial charge on any atom is -0.479 e. The molecule has 0 saturated carbocycles. The number of carbonyl (C=O) groups is 2. The van der Waals surface area contributed by atoms with Crippen molar-refractivity contribution in [3.8, 4) is 0 Å². The van der Waals surface area contributed by atoms with E-state index in [-0.39, 0.29) is 13.0 Å². The first-order valence-corrected chi connectivity index (χ1v) is 4.12. The van der Waals surface area contributed by atoms with E-state index in [2.05, 4.69) is 4.74 Å². The average molecular weight is 190 g/mol. The van der Waals surface area contributed by atoms with Crippen LogP contribution in [0.4, 0.5) is 0 Å². The molecule has 0 bridgehead atoms. The highest BCUT2D eigenvalue weighted by atomic mass is 16.6. The van der Waals surface area contributed by atoms with E-state index < -0.39 is 17.5 Å². The third-order valence-electron chi connectivity index (χ3n) is 1.58. The molecule has 0 amide bonds. The van der Waals surface area contributed by atoms with Crippen LogP contribution in [0.15, 0.2) is 0 Å². The molecule has 0 unspecified atom stereocenters. The highest BCUT2D eigenvalue weighted by Gasteiger charge is 2.44. The van der Waals surface area contributed by atoms with Crippen molar-refractivity contribution in [2.45, 2.75) is 32.3 Å². The van der Waals surface area contributed by atoms with Gasteiger partial charge in [0.15, 0.2) is 0 Å². The van der Waals surface area contributed by atoms with Gasteiger partial charge < -0.3 is 14.9 Å². The molecule has 0 heterocycles. The molecule has 0 aromatic rings. The zero-order chi connectivity index (χ0) is 10.5. The molecule has 1 atom stereocenters. The minimum atomic E-state index is -2.38. The van der Waals surface area contributed by atoms with Gasteiger partial charge in [-0.1, -0.05) is 13.3 Å². The molecule has 0 aromatic carbocycles. The summed E-state index contributed by atoms with van der Waals surface area (Å²) < 4.78 is 4.45. The van der Waals surface area contributed by atoms with Crippen LogP contribution in [0.5, 0.6) is 0 Å². The van der Waals surface area contributed by atoms with Gasteiger partial charge in [0, 0.05) is 0 Å². The fraction of sp³-hybridized carbons (Fsp3) is 0.750. The molecule has 2 N–H and O–H groups in total. The maximum absolute atomic E-state index is 11.0. The standard InChI is InChI=1S/C8H14O5/c1-3-5-8(12,6(9)10)7(11)13-4-2/h12H,3-5H2,1-2H3,(H,9,10)/t8-/m0/s1. The number of carbonyl (C=O) groups excluding carboxylic acids is 1. The Morgan fingerprint density at radius 2 is 1.92 bits per heavy atom. The second-order valence-corrected chi connectivity index (χ2v) is 2.64. The first kappa shape index (κ1) is 11.9. The first-order valence-electron chi connectivity index (χ1n) is 4.12. The van der Waals surface area contributed by atoms with Crippen molar-refractivity contribution in [1.29, 1.82) is 0 Å². The van der Waals surface area contributed by atoms with Gasteiger partial charge in [-0.3, -0.25) is 0 Å². The van der Waals surface area contributed by atoms with E-state index in [1.807, 2.05) is 0 Å². The number of carboxylic acids is 1. The van der Waals surface area contributed by atoms with E-state index in [4.69, 9.17) is 5.11 Å². The van der Waals surface area contributed by atoms with Crippen molar-refractivity contribution in [2.24, 2.45) is 0 Å². The van der Waals surface area contributed by atoms with Crippen molar-refractivity contribution in [2.75, 3.05) is 6.61 Å². The normalized spacial score (nSPS) is 14.7. The van der Waals surface area contributed by atoms with Crippen molar-refractivity contribution in [3.05, 3.63) is 0 Å². The van der Waals surface area contributed by atoms with Crippen LogP contribution in [-0.2, 0) is 14.3 Å². The molecule has 0 spiro atoms. The maximum Gasteiger partial charge on any atom is 0.350 e. The third kappa shape index (κ3) is 2.69. The fourth-order valence-corrected chi connectivity index (χ4v) is 0.909. The van der Waals surface area contributed by atoms with Crippen LogP contribution in [0, 0.1) is 0 Å². The Bertz CT molecular complexity index is 201. The molecule has 0 aromatic heterocycles. The van der Waals surface area contributed by atoms with E-state index in [1.165, 1.54) is 0 Å². The molecular weight excluding hydrogens is 176 g/mol. The van der Waals surface area contributed by atoms with Gasteiger partial charge in [-0.25, -0.2) is 9.59 Å². The zero-order valence-electron chi connectivity index (χ0n) is 7.74. The van der Waals surface area contributed by atoms with Crippen molar-refractivity contribution < 1.29 is 24.5 Å². The predicted octanol–water partition coefficient (Wildman–Crippen LogP) is 0.165. The van der Waals surface area contributed by atoms with E-state index in [0.29, 0.717) is 6.42 Å². The highest BCUT2D eigenvalue weighted by Crippen LogP contribution is 2.15. The number of hydrogen-bond donors (Lipinski definition) is 2. The maximum atomic E-state index is 11.0. The molecule has 0 aliphatic rings. The first-order chi connectivity index (χ1) is 5.99. The number of aliphatic hydroxyl groups is 1. The summed E-state index contributed by atoms with van der Waals surface area (Å²) in [5.74, 6) is -2.66. The number of aliphatic carboxylic acids is 1. The average Bonchev–Trinajstić information content (AvgIpc) is 2.04. The van der Waals surface area contributed by atoms with Crippen LogP contribution < -0.4 is 0 Å². The lowest BCUT2D eigenvalue weighted by molar-refractivity contribution is -0.180. The van der Waals surface area contributed by atoms with Crippen LogP contribution in [0.25, 0.3) is 0 Å². The van der Waals surface area contributed by atoms with Gasteiger partial charge in [-0.05, 0) is 13.3 Å². The number of esters is 1. The molecule has 0 saturated heterocycles. The molecule has 0 fully saturated rings. The third-order valence-corrected chi connectivity index (χ3v) is 1.58. The number of carboxylic acid groups (broad SMARTS) is 1. The van der Waals surface area contributed by atoms with Crippen molar-refractivity contribution in [1.82, 2.24) is 0 Å². The largest absolute Gasteiger partial charge is 0.479 e. The molecule has 13 heavy (non-hydrogen) atoms. The molecule has 76 valence electrons. The van der Waals surface area contributed by atoms with Crippen LogP contribution in [0.1, 0.15) is 26.7 Å². The summed E-state index contributed by atoms with van der Waals surface area (Å²) in [7, 11) is 0. The summed E-state index contributed by atoms with van der Waals surface area (Å²) in [6.07, 6.45) is 0.253. The predicted molar refractivity (Wildman–Crippen MR) is 44.1 cm³/mol. The summed E-state index contributed by atoms with van der Waals surface area (Å²) in [6.45, 7) is 3.28. The second kappa shape index (κ2) is 4.81. The lowest BCUT2D eigenvalue weighted by Crippen LogP contribution is -2.47. The summed E-state index contributed by atoms with van der Waals surface area (Å²) in [5, 5.41) is 18.0. The van der Waals surface area contributed by atoms with Crippen LogP contribution >= 0.6 is 0 Å². The van der Waals surface area contributed by atoms with Gasteiger partial charge in [0.1, 0.15) is 0 Å². The van der Waals surface area contributed by atoms with E-state index in [0.717, 1.165) is 0 Å². The Balaban J connectivity index is 4.57. The topological polar surface area (TPSA) is 83.8 Å². The van der Waals surface area contributed by atoms with Gasteiger partial charge in [-0.15, -0.1) is 0 Å². The molecule has 0 radical (unpaired) electrons. The summed E-state index contributed by atoms with van der Waals surface area (Å²) in [6, 6.07) is 0. The van der Waals surface area contributed by atoms with Crippen LogP contribution in [0.3, 0.4) is 0 Å². The Labute approximate surface area is 76.3 Å². The summed E-state index contributed by atoms with van der Waals surface area (Å²) in [5.41, 5.74) is -2.38. The van der Waals surface area contributed by atoms with Gasteiger partial charge in [-0.2, -0.15) is 0 Å². The monoisotopic (exact) mass is 190 g/mol. The lowest BCUT2D eigenvalue weighted by atomic mass is 9.99. The number of ether oxygens (including phenoxy) is 1. The van der Waals surface area contributed by atoms with Crippen molar-refractivity contribution >= 4 is 11.9 Å². The van der Waals surface area contributed by atoms with Gasteiger partial charge >= 0.3 is 11.9 Å². The van der Waals surface area contributed by atoms with Gasteiger partial charge in [0.05, 0.1) is 6.61 Å². The molecule has 0 aliphatic heterocycles. The highest BCUT2D eigenvalue weighted by molar-refractivity contribution is 6.02. The number of rotatable bonds is 5. The van der Waals surface area contributed by atoms with E-state index in [1.54, 1.807) is 13.8 Å². The molecule has 0 aliphatic carbocycles. The molecule has 5 heteroatoms. The van der Waals surface area contributed by atoms with Gasteiger partial charge in [0.25, 0.3) is 5.60 Å². The Kier molecular flexibility index (Phi) is 4.40. The molecule has 5 nitrogen and oxygen atoms in total. The molecular formula is C8H14O5. The van der Waals surface area contributed by atoms with Crippen LogP contribution in [0.2, 0.25) is 0 Å². The van der Waals surface area contributed by atoms with E-state index in [9.17, 15) is 14.7 Å². The smallest absolute Gasteiger partial charge is 0.350 e. The summed E-state index contributed by atoms with van der Waals surface area (Å²) >= 11 is 0. The quantitative estimate of drug-likeness (QED) is 0.476. The Morgan fingerprint density at radius 3 is 2.23 bits per heavy atom. The molecule has 0 rings (SSSR count). The fourth-order valence-electron chi connectivity index (χ4n) is 0.909. The van der Waals surface area contributed by atoms with Crippen molar-refractivity contribution in [3.63, 3.8) is 0 Å². The second-order valence-electron chi connectivity index (χ2n) is 2.64. The van der Waals surface area contributed by atoms with E-state index >= 15 is 0 Å². The Morgan fingerprint density at radius 1 is 1.38 bits per heavy atom. The minimum absolute atomic E-state index is 0.0537. The lowest BCUT2D eigenvalue weighted by Gasteiger charge is -2.19. The van der Waals surface area contributed by atoms with Gasteiger partial charge in [0.2, 0.25) is 0 Å². The zero-order valence-corrected chi connectivity index (χ0v) is 7.74. The SMILES string of the molecule is CCC[C@](O)(C(=O)O)C(=O)OCC.